The molecule has 0 fully saturated rings. The number of rotatable bonds is 5. The zero-order valence-electron chi connectivity index (χ0n) is 13.6. The number of amides is 1. The maximum atomic E-state index is 14.3. The lowest BCUT2D eigenvalue weighted by Gasteiger charge is -2.40. The second-order valence-corrected chi connectivity index (χ2v) is 5.15. The third-order valence-electron chi connectivity index (χ3n) is 3.25. The van der Waals surface area contributed by atoms with E-state index in [-0.39, 0.29) is 5.75 Å². The molecule has 1 N–H and O–H groups in total. The Bertz CT molecular complexity index is 711. The first-order valence-electron chi connectivity index (χ1n) is 6.83. The summed E-state index contributed by atoms with van der Waals surface area (Å²) in [5.74, 6) is -3.50. The molecule has 0 radical (unpaired) electrons. The topological polar surface area (TPSA) is 41.6 Å². The molecule has 4 nitrogen and oxygen atoms in total. The van der Waals surface area contributed by atoms with Gasteiger partial charge in [0.2, 0.25) is 0 Å². The molecule has 1 atom stereocenters. The quantitative estimate of drug-likeness (QED) is 0.514. The largest absolute Gasteiger partial charge is 0.497 e. The number of ether oxygens (including phenoxy) is 1. The number of nitrogens with zero attached hydrogens (tertiary/aromatic N) is 1. The normalized spacial score (nSPS) is 15.8. The van der Waals surface area contributed by atoms with Crippen molar-refractivity contribution in [1.82, 2.24) is 4.90 Å². The Balaban J connectivity index is 3.53. The van der Waals surface area contributed by atoms with E-state index in [1.54, 1.807) is 0 Å². The third-order valence-corrected chi connectivity index (χ3v) is 3.25. The van der Waals surface area contributed by atoms with Crippen molar-refractivity contribution in [1.29, 1.82) is 0 Å². The summed E-state index contributed by atoms with van der Waals surface area (Å²) in [5, 5.41) is 0.873. The highest BCUT2D eigenvalue weighted by atomic mass is 19.4. The first kappa shape index (κ1) is 24.6. The monoisotopic (exact) mass is 452 g/mol. The van der Waals surface area contributed by atoms with E-state index in [2.05, 4.69) is 4.74 Å². The maximum absolute atomic E-state index is 14.3. The molecule has 0 aromatic heterocycles. The molecule has 0 aliphatic heterocycles. The lowest BCUT2D eigenvalue weighted by atomic mass is 9.99. The molecule has 0 unspecified atom stereocenters. The van der Waals surface area contributed by atoms with Crippen molar-refractivity contribution >= 4 is 11.6 Å². The number of methoxy groups -OCH3 is 1. The van der Waals surface area contributed by atoms with Gasteiger partial charge >= 0.3 is 30.5 Å². The number of carbonyl (C=O) groups excluding carboxylic acids is 1. The zero-order valence-corrected chi connectivity index (χ0v) is 13.6. The molecule has 0 heterocycles. The Kier molecular flexibility index (Phi) is 6.34. The molecule has 1 amide bonds. The van der Waals surface area contributed by atoms with Crippen LogP contribution in [-0.2, 0) is 4.79 Å². The van der Waals surface area contributed by atoms with Crippen molar-refractivity contribution in [2.75, 3.05) is 12.4 Å². The minimum Gasteiger partial charge on any atom is -0.497 e. The average Bonchev–Trinajstić information content (AvgIpc) is 2.50. The second kappa shape index (κ2) is 7.46. The summed E-state index contributed by atoms with van der Waals surface area (Å²) in [6.45, 7) is 0. The second-order valence-electron chi connectivity index (χ2n) is 5.15. The zero-order chi connectivity index (χ0) is 23.1. The van der Waals surface area contributed by atoms with Crippen LogP contribution >= 0.6 is 0 Å². The Morgan fingerprint density at radius 1 is 0.828 bits per heavy atom. The van der Waals surface area contributed by atoms with E-state index >= 15 is 0 Å². The smallest absolute Gasteiger partial charge is 0.472 e. The molecule has 1 aromatic rings. The summed E-state index contributed by atoms with van der Waals surface area (Å²) < 4.78 is 160. The van der Waals surface area contributed by atoms with E-state index in [1.165, 1.54) is 0 Å². The van der Waals surface area contributed by atoms with Gasteiger partial charge in [0.25, 0.3) is 5.91 Å². The Hall–Kier alpha value is -2.39. The minimum atomic E-state index is -7.47. The van der Waals surface area contributed by atoms with Gasteiger partial charge in [-0.15, -0.1) is 0 Å². The van der Waals surface area contributed by atoms with E-state index in [0.717, 1.165) is 24.6 Å². The molecule has 0 spiro atoms. The number of anilines is 1. The van der Waals surface area contributed by atoms with Crippen LogP contribution in [0.2, 0.25) is 0 Å². The molecule has 0 bridgehead atoms. The molecule has 0 saturated heterocycles. The van der Waals surface area contributed by atoms with Crippen LogP contribution in [-0.4, -0.2) is 48.4 Å². The lowest BCUT2D eigenvalue weighted by Crippen LogP contribution is -2.73. The average molecular weight is 452 g/mol. The predicted molar refractivity (Wildman–Crippen MR) is 70.4 cm³/mol. The molecule has 166 valence electrons. The number of benzene rings is 1. The Morgan fingerprint density at radius 3 is 1.55 bits per heavy atom. The van der Waals surface area contributed by atoms with Crippen LogP contribution in [0.15, 0.2) is 24.3 Å². The molecule has 29 heavy (non-hydrogen) atoms. The number of hydrogen-bond donors (Lipinski definition) is 1. The number of alkyl halides is 12. The van der Waals surface area contributed by atoms with Gasteiger partial charge in [-0.05, 0) is 24.3 Å². The van der Waals surface area contributed by atoms with E-state index in [9.17, 15) is 57.5 Å². The summed E-state index contributed by atoms with van der Waals surface area (Å²) in [6.07, 6.45) is -21.7. The molecular weight excluding hydrogens is 444 g/mol. The molecule has 0 aliphatic rings. The Labute approximate surface area is 153 Å². The highest BCUT2D eigenvalue weighted by Crippen LogP contribution is 2.53. The summed E-state index contributed by atoms with van der Waals surface area (Å²) in [6, 6.07) is -4.32. The van der Waals surface area contributed by atoms with Gasteiger partial charge in [0, 0.05) is 5.69 Å². The van der Waals surface area contributed by atoms with Gasteiger partial charge in [-0.25, -0.2) is 4.39 Å². The fourth-order valence-corrected chi connectivity index (χ4v) is 1.94. The van der Waals surface area contributed by atoms with Gasteiger partial charge in [0.05, 0.1) is 7.11 Å². The van der Waals surface area contributed by atoms with Crippen LogP contribution in [0, 0.1) is 0 Å². The highest BCUT2D eigenvalue weighted by molar-refractivity contribution is 5.98. The fraction of sp³-hybridized carbons (Fsp3) is 0.462. The fourth-order valence-electron chi connectivity index (χ4n) is 1.94. The standard InChI is InChI=1S/C13H8F12N2O2/c1-29-7-4-2-6(3-5-7)26-8(28)9(14,10(15,16)17)11(18,19)27(12(20,21)22)13(23,24)25/h2-5H,1H3,(H,26,28)/t9-/m0/s1. The Morgan fingerprint density at radius 2 is 1.24 bits per heavy atom. The van der Waals surface area contributed by atoms with Crippen LogP contribution in [0.3, 0.4) is 0 Å². The number of hydrogen-bond acceptors (Lipinski definition) is 3. The van der Waals surface area contributed by atoms with E-state index in [1.807, 2.05) is 0 Å². The molecule has 1 aromatic carbocycles. The lowest BCUT2D eigenvalue weighted by molar-refractivity contribution is -0.468. The molecular formula is C13H8F12N2O2. The van der Waals surface area contributed by atoms with Crippen LogP contribution in [0.4, 0.5) is 58.4 Å². The van der Waals surface area contributed by atoms with Crippen molar-refractivity contribution in [2.45, 2.75) is 30.5 Å². The number of carbonyl (C=O) groups is 1. The van der Waals surface area contributed by atoms with Crippen molar-refractivity contribution in [3.05, 3.63) is 24.3 Å². The number of halogens is 12. The van der Waals surface area contributed by atoms with E-state index in [4.69, 9.17) is 0 Å². The SMILES string of the molecule is COc1ccc(NC(=O)[C@](F)(C(F)(F)F)C(F)(F)N(C(F)(F)F)C(F)(F)F)cc1. The summed E-state index contributed by atoms with van der Waals surface area (Å²) in [4.78, 5) is 7.63. The van der Waals surface area contributed by atoms with Crippen molar-refractivity contribution < 1.29 is 62.2 Å². The third kappa shape index (κ3) is 4.62. The molecule has 0 aliphatic carbocycles. The van der Waals surface area contributed by atoms with Crippen LogP contribution in [0.1, 0.15) is 0 Å². The summed E-state index contributed by atoms with van der Waals surface area (Å²) in [5.41, 5.74) is -7.81. The van der Waals surface area contributed by atoms with Gasteiger partial charge in [-0.3, -0.25) is 4.79 Å². The van der Waals surface area contributed by atoms with Crippen molar-refractivity contribution in [3.8, 4) is 5.75 Å². The molecule has 0 saturated carbocycles. The van der Waals surface area contributed by atoms with Gasteiger partial charge in [0.15, 0.2) is 0 Å². The highest BCUT2D eigenvalue weighted by Gasteiger charge is 2.84. The van der Waals surface area contributed by atoms with Crippen LogP contribution in [0.5, 0.6) is 5.75 Å². The maximum Gasteiger partial charge on any atom is 0.472 e. The van der Waals surface area contributed by atoms with Gasteiger partial charge < -0.3 is 10.1 Å². The van der Waals surface area contributed by atoms with Crippen molar-refractivity contribution in [3.63, 3.8) is 0 Å². The van der Waals surface area contributed by atoms with E-state index in [0.29, 0.717) is 12.1 Å². The minimum absolute atomic E-state index is 0.0102. The molecule has 1 rings (SSSR count). The van der Waals surface area contributed by atoms with Gasteiger partial charge in [0.1, 0.15) is 5.75 Å². The predicted octanol–water partition coefficient (Wildman–Crippen LogP) is 4.84. The first-order chi connectivity index (χ1) is 12.8. The molecule has 16 heteroatoms. The van der Waals surface area contributed by atoms with Crippen LogP contribution in [0.25, 0.3) is 0 Å². The van der Waals surface area contributed by atoms with E-state index < -0.39 is 47.0 Å². The van der Waals surface area contributed by atoms with Gasteiger partial charge in [-0.1, -0.05) is 4.90 Å². The van der Waals surface area contributed by atoms with Crippen molar-refractivity contribution in [2.24, 2.45) is 0 Å². The summed E-state index contributed by atoms with van der Waals surface area (Å²) >= 11 is 0. The number of nitrogens with one attached hydrogen (secondary N) is 1. The summed E-state index contributed by atoms with van der Waals surface area (Å²) in [7, 11) is 1.12. The van der Waals surface area contributed by atoms with Crippen LogP contribution < -0.4 is 10.1 Å². The first-order valence-corrected chi connectivity index (χ1v) is 6.83. The van der Waals surface area contributed by atoms with Gasteiger partial charge in [-0.2, -0.15) is 48.3 Å².